The zero-order valence-electron chi connectivity index (χ0n) is 19.3. The molecule has 0 aromatic heterocycles. The molecule has 1 saturated heterocycles. The standard InChI is InChI=1S/C24H33NO4SSi/c1-8-14-28-23(27)21-19(30-17-12-10-9-11-13-17)15-18-20(22(26)25(18)21)16(2)29-31(6,7)24(3,4)5/h8-13,16,18,20H,1,14-15H2,2-7H3/t16-,18+,20-/m0/s1. The fourth-order valence-electron chi connectivity index (χ4n) is 3.85. The first-order chi connectivity index (χ1) is 14.5. The lowest BCUT2D eigenvalue weighted by Crippen LogP contribution is -2.63. The first kappa shape index (κ1) is 23.8. The number of β-lactam (4-membered cyclic amide) rings is 1. The normalized spacial score (nSPS) is 22.1. The summed E-state index contributed by atoms with van der Waals surface area (Å²) < 4.78 is 11.9. The van der Waals surface area contributed by atoms with Crippen LogP contribution < -0.4 is 0 Å². The molecule has 1 aromatic carbocycles. The number of fused-ring (bicyclic) bond motifs is 1. The number of ether oxygens (including phenoxy) is 1. The highest BCUT2D eigenvalue weighted by Crippen LogP contribution is 2.50. The van der Waals surface area contributed by atoms with Crippen LogP contribution in [0.25, 0.3) is 0 Å². The summed E-state index contributed by atoms with van der Waals surface area (Å²) in [6.45, 7) is 16.7. The van der Waals surface area contributed by atoms with Gasteiger partial charge in [0.25, 0.3) is 0 Å². The third-order valence-corrected chi connectivity index (χ3v) is 12.2. The second-order valence-electron chi connectivity index (χ2n) is 9.66. The maximum atomic E-state index is 13.2. The van der Waals surface area contributed by atoms with Crippen LogP contribution in [0.3, 0.4) is 0 Å². The molecule has 5 nitrogen and oxygen atoms in total. The number of rotatable bonds is 8. The van der Waals surface area contributed by atoms with E-state index in [1.807, 2.05) is 37.3 Å². The van der Waals surface area contributed by atoms with Crippen LogP contribution in [-0.4, -0.2) is 43.8 Å². The largest absolute Gasteiger partial charge is 0.457 e. The summed E-state index contributed by atoms with van der Waals surface area (Å²) in [5.74, 6) is -0.763. The molecule has 0 radical (unpaired) electrons. The van der Waals surface area contributed by atoms with E-state index in [0.717, 1.165) is 9.80 Å². The van der Waals surface area contributed by atoms with Crippen molar-refractivity contribution in [3.8, 4) is 0 Å². The van der Waals surface area contributed by atoms with Crippen molar-refractivity contribution in [1.29, 1.82) is 0 Å². The minimum Gasteiger partial charge on any atom is -0.457 e. The first-order valence-electron chi connectivity index (χ1n) is 10.7. The lowest BCUT2D eigenvalue weighted by atomic mass is 9.83. The molecule has 2 aliphatic heterocycles. The van der Waals surface area contributed by atoms with Gasteiger partial charge in [0, 0.05) is 16.2 Å². The quantitative estimate of drug-likeness (QED) is 0.227. The van der Waals surface area contributed by atoms with Crippen LogP contribution in [0, 0.1) is 5.92 Å². The summed E-state index contributed by atoms with van der Waals surface area (Å²) in [6, 6.07) is 9.82. The SMILES string of the molecule is C=CCOC(=O)C1=C(Sc2ccccc2)C[C@@H]2[C@H]([C@H](C)O[Si](C)(C)C(C)(C)C)C(=O)N12. The van der Waals surface area contributed by atoms with E-state index >= 15 is 0 Å². The van der Waals surface area contributed by atoms with Gasteiger partial charge in [-0.05, 0) is 37.2 Å². The fraction of sp³-hybridized carbons (Fsp3) is 0.500. The van der Waals surface area contributed by atoms with Gasteiger partial charge in [0.05, 0.1) is 18.1 Å². The van der Waals surface area contributed by atoms with Gasteiger partial charge in [0.1, 0.15) is 12.3 Å². The molecule has 0 bridgehead atoms. The van der Waals surface area contributed by atoms with Crippen molar-refractivity contribution in [3.63, 3.8) is 0 Å². The second kappa shape index (κ2) is 8.96. The van der Waals surface area contributed by atoms with Gasteiger partial charge in [-0.3, -0.25) is 4.79 Å². The van der Waals surface area contributed by atoms with Crippen molar-refractivity contribution in [2.75, 3.05) is 6.61 Å². The molecule has 3 atom stereocenters. The molecule has 0 spiro atoms. The van der Waals surface area contributed by atoms with Gasteiger partial charge in [0.2, 0.25) is 5.91 Å². The molecule has 1 fully saturated rings. The molecule has 7 heteroatoms. The number of thioether (sulfide) groups is 1. The number of hydrogen-bond acceptors (Lipinski definition) is 5. The van der Waals surface area contributed by atoms with E-state index in [2.05, 4.69) is 40.4 Å². The maximum Gasteiger partial charge on any atom is 0.356 e. The Morgan fingerprint density at radius 2 is 1.97 bits per heavy atom. The van der Waals surface area contributed by atoms with Crippen LogP contribution in [-0.2, 0) is 18.8 Å². The molecular formula is C24H33NO4SSi. The third kappa shape index (κ3) is 4.68. The van der Waals surface area contributed by atoms with Gasteiger partial charge in [-0.2, -0.15) is 0 Å². The van der Waals surface area contributed by atoms with E-state index in [1.165, 1.54) is 17.8 Å². The molecule has 0 N–H and O–H groups in total. The van der Waals surface area contributed by atoms with Crippen LogP contribution in [0.1, 0.15) is 34.1 Å². The molecule has 0 unspecified atom stereocenters. The van der Waals surface area contributed by atoms with Crippen LogP contribution in [0.2, 0.25) is 18.1 Å². The van der Waals surface area contributed by atoms with Gasteiger partial charge in [0.15, 0.2) is 8.32 Å². The van der Waals surface area contributed by atoms with Gasteiger partial charge in [-0.25, -0.2) is 4.79 Å². The highest BCUT2D eigenvalue weighted by Gasteiger charge is 2.58. The lowest BCUT2D eigenvalue weighted by Gasteiger charge is -2.48. The third-order valence-electron chi connectivity index (χ3n) is 6.47. The van der Waals surface area contributed by atoms with E-state index in [1.54, 1.807) is 4.90 Å². The molecule has 168 valence electrons. The zero-order chi connectivity index (χ0) is 23.0. The van der Waals surface area contributed by atoms with Gasteiger partial charge in [-0.1, -0.05) is 63.4 Å². The van der Waals surface area contributed by atoms with Gasteiger partial charge >= 0.3 is 5.97 Å². The Bertz CT molecular complexity index is 891. The van der Waals surface area contributed by atoms with Crippen LogP contribution >= 0.6 is 11.8 Å². The average Bonchev–Trinajstić information content (AvgIpc) is 2.99. The van der Waals surface area contributed by atoms with Crippen LogP contribution in [0.15, 0.2) is 58.5 Å². The Labute approximate surface area is 191 Å². The average molecular weight is 460 g/mol. The molecule has 2 aliphatic rings. The van der Waals surface area contributed by atoms with Crippen molar-refractivity contribution in [2.24, 2.45) is 5.92 Å². The second-order valence-corrected chi connectivity index (χ2v) is 15.6. The van der Waals surface area contributed by atoms with Crippen molar-refractivity contribution in [2.45, 2.75) is 69.3 Å². The number of hydrogen-bond donors (Lipinski definition) is 0. The van der Waals surface area contributed by atoms with Gasteiger partial charge in [-0.15, -0.1) is 0 Å². The maximum absolute atomic E-state index is 13.2. The highest BCUT2D eigenvalue weighted by molar-refractivity contribution is 8.03. The predicted octanol–water partition coefficient (Wildman–Crippen LogP) is 5.36. The molecule has 1 aromatic rings. The molecule has 3 rings (SSSR count). The molecule has 31 heavy (non-hydrogen) atoms. The Kier molecular flexibility index (Phi) is 6.89. The topological polar surface area (TPSA) is 55.8 Å². The zero-order valence-corrected chi connectivity index (χ0v) is 21.1. The van der Waals surface area contributed by atoms with E-state index in [4.69, 9.17) is 9.16 Å². The van der Waals surface area contributed by atoms with Crippen molar-refractivity contribution < 1.29 is 18.8 Å². The van der Waals surface area contributed by atoms with E-state index in [9.17, 15) is 9.59 Å². The summed E-state index contributed by atoms with van der Waals surface area (Å²) >= 11 is 1.53. The minimum absolute atomic E-state index is 0.0505. The molecular weight excluding hydrogens is 426 g/mol. The Morgan fingerprint density at radius 1 is 1.32 bits per heavy atom. The summed E-state index contributed by atoms with van der Waals surface area (Å²) in [5.41, 5.74) is 0.376. The van der Waals surface area contributed by atoms with E-state index < -0.39 is 14.3 Å². The first-order valence-corrected chi connectivity index (χ1v) is 14.5. The number of carbonyl (C=O) groups excluding carboxylic acids is 2. The van der Waals surface area contributed by atoms with E-state index in [-0.39, 0.29) is 35.6 Å². The number of esters is 1. The number of amides is 1. The fourth-order valence-corrected chi connectivity index (χ4v) is 6.39. The summed E-state index contributed by atoms with van der Waals surface area (Å²) in [5, 5.41) is 0.0651. The van der Waals surface area contributed by atoms with E-state index in [0.29, 0.717) is 12.1 Å². The Hall–Kier alpha value is -1.83. The molecule has 2 heterocycles. The van der Waals surface area contributed by atoms with Crippen molar-refractivity contribution in [1.82, 2.24) is 4.90 Å². The van der Waals surface area contributed by atoms with Crippen molar-refractivity contribution >= 4 is 32.0 Å². The molecule has 0 saturated carbocycles. The summed E-state index contributed by atoms with van der Waals surface area (Å²) in [4.78, 5) is 29.6. The van der Waals surface area contributed by atoms with Crippen molar-refractivity contribution in [3.05, 3.63) is 53.6 Å². The van der Waals surface area contributed by atoms with Crippen LogP contribution in [0.4, 0.5) is 0 Å². The highest BCUT2D eigenvalue weighted by atomic mass is 32.2. The minimum atomic E-state index is -2.01. The summed E-state index contributed by atoms with van der Waals surface area (Å²) in [6.07, 6.45) is 1.98. The molecule has 0 aliphatic carbocycles. The number of carbonyl (C=O) groups is 2. The smallest absolute Gasteiger partial charge is 0.356 e. The lowest BCUT2D eigenvalue weighted by molar-refractivity contribution is -0.161. The number of nitrogens with zero attached hydrogens (tertiary/aromatic N) is 1. The Balaban J connectivity index is 1.83. The molecule has 1 amide bonds. The predicted molar refractivity (Wildman–Crippen MR) is 127 cm³/mol. The monoisotopic (exact) mass is 459 g/mol. The number of benzene rings is 1. The van der Waals surface area contributed by atoms with Gasteiger partial charge < -0.3 is 14.1 Å². The van der Waals surface area contributed by atoms with Crippen LogP contribution in [0.5, 0.6) is 0 Å². The Morgan fingerprint density at radius 3 is 2.55 bits per heavy atom. The summed E-state index contributed by atoms with van der Waals surface area (Å²) in [7, 11) is -2.01.